The van der Waals surface area contributed by atoms with Crippen LogP contribution < -0.4 is 11.1 Å². The van der Waals surface area contributed by atoms with Gasteiger partial charge in [-0.05, 0) is 56.9 Å². The maximum absolute atomic E-state index is 5.95. The van der Waals surface area contributed by atoms with Crippen LogP contribution in [-0.2, 0) is 6.54 Å². The van der Waals surface area contributed by atoms with E-state index in [1.165, 1.54) is 31.4 Å². The topological polar surface area (TPSA) is 55.9 Å². The lowest BCUT2D eigenvalue weighted by atomic mass is 9.97. The Bertz CT molecular complexity index is 394. The van der Waals surface area contributed by atoms with Gasteiger partial charge in [0.15, 0.2) is 0 Å². The molecule has 106 valence electrons. The van der Waals surface area contributed by atoms with Crippen molar-refractivity contribution in [3.63, 3.8) is 0 Å². The summed E-state index contributed by atoms with van der Waals surface area (Å²) in [4.78, 5) is 4.25. The molecule has 2 aliphatic carbocycles. The summed E-state index contributed by atoms with van der Waals surface area (Å²) in [5.41, 5.74) is 7.19. The Kier molecular flexibility index (Phi) is 3.89. The second-order valence-corrected chi connectivity index (χ2v) is 6.14. The van der Waals surface area contributed by atoms with Gasteiger partial charge in [0.2, 0.25) is 0 Å². The molecule has 0 aromatic carbocycles. The molecule has 0 amide bonds. The van der Waals surface area contributed by atoms with Crippen molar-refractivity contribution in [2.45, 2.75) is 45.2 Å². The second-order valence-electron chi connectivity index (χ2n) is 6.14. The van der Waals surface area contributed by atoms with Crippen LogP contribution in [0.2, 0.25) is 0 Å². The van der Waals surface area contributed by atoms with Gasteiger partial charge in [0, 0.05) is 19.3 Å². The average Bonchev–Trinajstić information content (AvgIpc) is 3.35. The summed E-state index contributed by atoms with van der Waals surface area (Å²) >= 11 is 0. The molecular weight excluding hydrogens is 236 g/mol. The lowest BCUT2D eigenvalue weighted by molar-refractivity contribution is 0.352. The highest BCUT2D eigenvalue weighted by Gasteiger charge is 2.41. The molecule has 4 heteroatoms. The lowest BCUT2D eigenvalue weighted by Gasteiger charge is -2.22. The summed E-state index contributed by atoms with van der Waals surface area (Å²) in [6.07, 6.45) is 9.65. The number of hydrogen-bond donors (Lipinski definition) is 2. The van der Waals surface area contributed by atoms with E-state index >= 15 is 0 Å². The Hall–Kier alpha value is -0.870. The van der Waals surface area contributed by atoms with Crippen molar-refractivity contribution in [2.75, 3.05) is 13.1 Å². The average molecular weight is 262 g/mol. The first kappa shape index (κ1) is 13.1. The van der Waals surface area contributed by atoms with Crippen LogP contribution >= 0.6 is 0 Å². The molecule has 0 aliphatic heterocycles. The number of hydrogen-bond acceptors (Lipinski definition) is 3. The van der Waals surface area contributed by atoms with E-state index in [2.05, 4.69) is 21.8 Å². The SMILES string of the molecule is CCn1cncc1C(CN)NCC(C1CC1)C1CC1. The fourth-order valence-corrected chi connectivity index (χ4v) is 3.24. The normalized spacial score (nSPS) is 21.0. The Balaban J connectivity index is 1.59. The summed E-state index contributed by atoms with van der Waals surface area (Å²) < 4.78 is 2.19. The number of rotatable bonds is 8. The van der Waals surface area contributed by atoms with Gasteiger partial charge < -0.3 is 15.6 Å². The first-order chi connectivity index (χ1) is 9.33. The van der Waals surface area contributed by atoms with Crippen molar-refractivity contribution >= 4 is 0 Å². The number of nitrogens with zero attached hydrogens (tertiary/aromatic N) is 2. The predicted molar refractivity (Wildman–Crippen MR) is 76.6 cm³/mol. The van der Waals surface area contributed by atoms with Crippen molar-refractivity contribution in [1.29, 1.82) is 0 Å². The molecule has 1 heterocycles. The Morgan fingerprint density at radius 2 is 2.05 bits per heavy atom. The first-order valence-corrected chi connectivity index (χ1v) is 7.77. The zero-order valence-electron chi connectivity index (χ0n) is 11.9. The summed E-state index contributed by atoms with van der Waals surface area (Å²) in [6, 6.07) is 0.252. The standard InChI is InChI=1S/C15H26N4/c1-2-19-10-17-9-15(19)14(7-16)18-8-13(11-3-4-11)12-5-6-12/h9-14,18H,2-8,16H2,1H3. The van der Waals surface area contributed by atoms with Crippen molar-refractivity contribution in [1.82, 2.24) is 14.9 Å². The maximum atomic E-state index is 5.95. The van der Waals surface area contributed by atoms with E-state index in [9.17, 15) is 0 Å². The van der Waals surface area contributed by atoms with Crippen LogP contribution in [-0.4, -0.2) is 22.6 Å². The second kappa shape index (κ2) is 5.63. The van der Waals surface area contributed by atoms with Crippen molar-refractivity contribution < 1.29 is 0 Å². The number of aromatic nitrogens is 2. The minimum Gasteiger partial charge on any atom is -0.333 e. The molecule has 1 aromatic rings. The van der Waals surface area contributed by atoms with Crippen LogP contribution in [0.3, 0.4) is 0 Å². The zero-order valence-corrected chi connectivity index (χ0v) is 11.9. The number of aryl methyl sites for hydroxylation is 1. The molecule has 0 radical (unpaired) electrons. The summed E-state index contributed by atoms with van der Waals surface area (Å²) in [6.45, 7) is 4.89. The molecule has 3 N–H and O–H groups in total. The molecule has 4 nitrogen and oxygen atoms in total. The van der Waals surface area contributed by atoms with Gasteiger partial charge in [0.05, 0.1) is 18.1 Å². The summed E-state index contributed by atoms with van der Waals surface area (Å²) in [7, 11) is 0. The molecule has 19 heavy (non-hydrogen) atoms. The third-order valence-electron chi connectivity index (χ3n) is 4.73. The highest BCUT2D eigenvalue weighted by molar-refractivity contribution is 5.06. The smallest absolute Gasteiger partial charge is 0.0948 e. The van der Waals surface area contributed by atoms with Crippen molar-refractivity contribution in [3.05, 3.63) is 18.2 Å². The van der Waals surface area contributed by atoms with E-state index in [-0.39, 0.29) is 6.04 Å². The first-order valence-electron chi connectivity index (χ1n) is 7.77. The van der Waals surface area contributed by atoms with Gasteiger partial charge in [-0.2, -0.15) is 0 Å². The number of imidazole rings is 1. The van der Waals surface area contributed by atoms with Crippen molar-refractivity contribution in [2.24, 2.45) is 23.5 Å². The molecule has 1 unspecified atom stereocenters. The Labute approximate surface area is 115 Å². The molecule has 0 saturated heterocycles. The number of nitrogens with two attached hydrogens (primary N) is 1. The van der Waals surface area contributed by atoms with Gasteiger partial charge in [0.25, 0.3) is 0 Å². The van der Waals surface area contributed by atoms with Gasteiger partial charge in [-0.25, -0.2) is 4.98 Å². The van der Waals surface area contributed by atoms with Gasteiger partial charge in [0.1, 0.15) is 0 Å². The molecule has 1 aromatic heterocycles. The molecule has 2 fully saturated rings. The molecule has 2 aliphatic rings. The van der Waals surface area contributed by atoms with E-state index in [0.29, 0.717) is 6.54 Å². The third kappa shape index (κ3) is 3.00. The Morgan fingerprint density at radius 3 is 2.58 bits per heavy atom. The minimum atomic E-state index is 0.252. The van der Waals surface area contributed by atoms with Gasteiger partial charge in [-0.15, -0.1) is 0 Å². The predicted octanol–water partition coefficient (Wildman–Crippen LogP) is 1.93. The fourth-order valence-electron chi connectivity index (χ4n) is 3.24. The largest absolute Gasteiger partial charge is 0.333 e. The van der Waals surface area contributed by atoms with E-state index in [1.54, 1.807) is 0 Å². The van der Waals surface area contributed by atoms with Crippen LogP contribution in [0.15, 0.2) is 12.5 Å². The molecule has 3 rings (SSSR count). The molecule has 1 atom stereocenters. The van der Waals surface area contributed by atoms with Crippen molar-refractivity contribution in [3.8, 4) is 0 Å². The monoisotopic (exact) mass is 262 g/mol. The minimum absolute atomic E-state index is 0.252. The van der Waals surface area contributed by atoms with Crippen LogP contribution in [0.5, 0.6) is 0 Å². The number of nitrogens with one attached hydrogen (secondary N) is 1. The summed E-state index contributed by atoms with van der Waals surface area (Å²) in [5, 5.41) is 3.70. The van der Waals surface area contributed by atoms with E-state index < -0.39 is 0 Å². The van der Waals surface area contributed by atoms with Gasteiger partial charge in [-0.1, -0.05) is 0 Å². The zero-order chi connectivity index (χ0) is 13.2. The maximum Gasteiger partial charge on any atom is 0.0948 e. The van der Waals surface area contributed by atoms with E-state index in [1.807, 2.05) is 12.5 Å². The molecule has 0 bridgehead atoms. The van der Waals surface area contributed by atoms with Crippen LogP contribution in [0.1, 0.15) is 44.3 Å². The lowest BCUT2D eigenvalue weighted by Crippen LogP contribution is -2.34. The highest BCUT2D eigenvalue weighted by Crippen LogP contribution is 2.48. The van der Waals surface area contributed by atoms with Gasteiger partial charge >= 0.3 is 0 Å². The van der Waals surface area contributed by atoms with E-state index in [4.69, 9.17) is 5.73 Å². The van der Waals surface area contributed by atoms with Crippen LogP contribution in [0.4, 0.5) is 0 Å². The molecule has 0 spiro atoms. The fraction of sp³-hybridized carbons (Fsp3) is 0.800. The highest BCUT2D eigenvalue weighted by atomic mass is 15.1. The van der Waals surface area contributed by atoms with Gasteiger partial charge in [-0.3, -0.25) is 0 Å². The summed E-state index contributed by atoms with van der Waals surface area (Å²) in [5.74, 6) is 2.89. The Morgan fingerprint density at radius 1 is 1.37 bits per heavy atom. The van der Waals surface area contributed by atoms with Crippen LogP contribution in [0.25, 0.3) is 0 Å². The van der Waals surface area contributed by atoms with E-state index in [0.717, 1.165) is 30.8 Å². The molecule has 2 saturated carbocycles. The quantitative estimate of drug-likeness (QED) is 0.752. The molecular formula is C15H26N4. The van der Waals surface area contributed by atoms with Crippen LogP contribution in [0, 0.1) is 17.8 Å². The third-order valence-corrected chi connectivity index (χ3v) is 4.73.